The van der Waals surface area contributed by atoms with Crippen molar-refractivity contribution in [3.8, 4) is 18.0 Å². The van der Waals surface area contributed by atoms with Crippen LogP contribution in [-0.2, 0) is 14.2 Å². The Balaban J connectivity index is 0.957. The van der Waals surface area contributed by atoms with E-state index in [1.807, 2.05) is 18.2 Å². The van der Waals surface area contributed by atoms with E-state index in [0.717, 1.165) is 36.0 Å². The van der Waals surface area contributed by atoms with Crippen LogP contribution >= 0.6 is 0 Å². The van der Waals surface area contributed by atoms with Crippen molar-refractivity contribution in [1.29, 1.82) is 0 Å². The van der Waals surface area contributed by atoms with Crippen LogP contribution < -0.4 is 14.2 Å². The van der Waals surface area contributed by atoms with Crippen LogP contribution in [0.2, 0.25) is 0 Å². The first-order valence-electron chi connectivity index (χ1n) is 24.4. The Morgan fingerprint density at radius 3 is 0.909 bits per heavy atom. The molecule has 9 aliphatic rings. The predicted octanol–water partition coefficient (Wildman–Crippen LogP) is 13.4. The first-order valence-corrected chi connectivity index (χ1v) is 24.4. The molecular weight excluding hydrogens is 823 g/mol. The normalized spacial score (nSPS) is 33.0. The van der Waals surface area contributed by atoms with Crippen LogP contribution in [0, 0.1) is 50.2 Å². The highest BCUT2D eigenvalue weighted by Gasteiger charge is 2.61. The summed E-state index contributed by atoms with van der Waals surface area (Å²) in [5, 5.41) is 0. The van der Waals surface area contributed by atoms with Gasteiger partial charge in [-0.3, -0.25) is 0 Å². The van der Waals surface area contributed by atoms with Crippen molar-refractivity contribution in [3.05, 3.63) is 122 Å². The number of hydrogen-bond donors (Lipinski definition) is 0. The fourth-order valence-electron chi connectivity index (χ4n) is 13.6. The van der Waals surface area contributed by atoms with E-state index in [-0.39, 0.29) is 50.5 Å². The maximum atomic E-state index is 6.46. The summed E-state index contributed by atoms with van der Waals surface area (Å²) < 4.78 is 37.3. The second-order valence-electron chi connectivity index (χ2n) is 22.9. The standard InChI is InChI=1S/C57H69N3O6/c1-52(2)37-19-22-55(52,7)40(31-37)25-34-13-16-43(46(28-34)61-10)64-49-58-50(65-44-17-14-35(29-47(44)62-11)26-41-32-38-20-23-56(41,8)53(38,3)4)60-51(59-49)66-45-18-15-36(30-48(45)63-12)27-42-33-39-21-24-57(42,9)54(39,5)6/h13-18,37-39H,19-24,28-33H2,1-12H3. The lowest BCUT2D eigenvalue weighted by Gasteiger charge is -2.34. The second-order valence-corrected chi connectivity index (χ2v) is 22.9. The fourth-order valence-corrected chi connectivity index (χ4v) is 13.6. The minimum Gasteiger partial charge on any atom is -0.497 e. The molecule has 0 N–H and O–H groups in total. The van der Waals surface area contributed by atoms with E-state index in [0.29, 0.717) is 71.6 Å². The van der Waals surface area contributed by atoms with Crippen LogP contribution in [0.1, 0.15) is 139 Å². The van der Waals surface area contributed by atoms with E-state index >= 15 is 0 Å². The number of aromatic nitrogens is 3. The Morgan fingerprint density at radius 2 is 0.697 bits per heavy atom. The molecule has 6 fully saturated rings. The van der Waals surface area contributed by atoms with Crippen molar-refractivity contribution in [2.75, 3.05) is 21.3 Å². The van der Waals surface area contributed by atoms with E-state index in [1.165, 1.54) is 55.2 Å². The molecule has 1 aromatic heterocycles. The van der Waals surface area contributed by atoms with Gasteiger partial charge in [0.15, 0.2) is 17.3 Å². The maximum absolute atomic E-state index is 6.46. The number of nitrogens with zero attached hydrogens (tertiary/aromatic N) is 3. The monoisotopic (exact) mass is 892 g/mol. The predicted molar refractivity (Wildman–Crippen MR) is 254 cm³/mol. The van der Waals surface area contributed by atoms with Gasteiger partial charge in [0.25, 0.3) is 0 Å². The van der Waals surface area contributed by atoms with E-state index in [9.17, 15) is 0 Å². The van der Waals surface area contributed by atoms with Crippen LogP contribution in [0.4, 0.5) is 0 Å². The van der Waals surface area contributed by atoms with Crippen molar-refractivity contribution in [2.45, 2.75) is 139 Å². The van der Waals surface area contributed by atoms with Gasteiger partial charge in [0, 0.05) is 52.2 Å². The number of methoxy groups -OCH3 is 3. The van der Waals surface area contributed by atoms with Crippen molar-refractivity contribution < 1.29 is 28.4 Å². The molecule has 9 heteroatoms. The largest absolute Gasteiger partial charge is 0.497 e. The molecule has 0 radical (unpaired) electrons. The van der Waals surface area contributed by atoms with Crippen LogP contribution in [0.3, 0.4) is 0 Å². The zero-order valence-corrected chi connectivity index (χ0v) is 41.5. The van der Waals surface area contributed by atoms with Crippen LogP contribution in [-0.4, -0.2) is 36.3 Å². The van der Waals surface area contributed by atoms with E-state index < -0.39 is 0 Å². The maximum Gasteiger partial charge on any atom is 0.331 e. The molecule has 6 saturated carbocycles. The summed E-state index contributed by atoms with van der Waals surface area (Å²) in [4.78, 5) is 14.0. The van der Waals surface area contributed by atoms with Gasteiger partial charge >= 0.3 is 18.0 Å². The summed E-state index contributed by atoms with van der Waals surface area (Å²) in [6.07, 6.45) is 24.3. The molecule has 9 aliphatic carbocycles. The molecular formula is C57H69N3O6. The lowest BCUT2D eigenvalue weighted by Crippen LogP contribution is -2.27. The lowest BCUT2D eigenvalue weighted by atomic mass is 9.69. The molecule has 66 heavy (non-hydrogen) atoms. The molecule has 0 saturated heterocycles. The van der Waals surface area contributed by atoms with Crippen LogP contribution in [0.5, 0.6) is 18.0 Å². The van der Waals surface area contributed by atoms with Gasteiger partial charge in [0.1, 0.15) is 17.3 Å². The summed E-state index contributed by atoms with van der Waals surface area (Å²) in [7, 11) is 4.99. The molecule has 0 aliphatic heterocycles. The average molecular weight is 892 g/mol. The molecule has 0 aromatic carbocycles. The van der Waals surface area contributed by atoms with Crippen molar-refractivity contribution in [3.63, 3.8) is 0 Å². The van der Waals surface area contributed by atoms with Gasteiger partial charge in [-0.1, -0.05) is 62.3 Å². The Labute approximate surface area is 392 Å². The number of hydrogen-bond acceptors (Lipinski definition) is 9. The first-order chi connectivity index (χ1) is 31.3. The Morgan fingerprint density at radius 1 is 0.424 bits per heavy atom. The molecule has 10 rings (SSSR count). The lowest BCUT2D eigenvalue weighted by molar-refractivity contribution is 0.179. The topological polar surface area (TPSA) is 94.1 Å². The molecule has 6 bridgehead atoms. The highest BCUT2D eigenvalue weighted by atomic mass is 16.6. The van der Waals surface area contributed by atoms with Gasteiger partial charge in [-0.15, -0.1) is 32.1 Å². The highest BCUT2D eigenvalue weighted by molar-refractivity contribution is 5.43. The molecule has 0 spiro atoms. The number of rotatable bonds is 9. The molecule has 6 unspecified atom stereocenters. The summed E-state index contributed by atoms with van der Waals surface area (Å²) in [5.41, 5.74) is 20.2. The third-order valence-electron chi connectivity index (χ3n) is 19.7. The third-order valence-corrected chi connectivity index (χ3v) is 19.7. The summed E-state index contributed by atoms with van der Waals surface area (Å²) in [6, 6.07) is -0.0250. The molecule has 1 heterocycles. The minimum absolute atomic E-state index is 0.00835. The van der Waals surface area contributed by atoms with Crippen molar-refractivity contribution >= 4 is 0 Å². The quantitative estimate of drug-likeness (QED) is 0.225. The van der Waals surface area contributed by atoms with Gasteiger partial charge in [0.05, 0.1) is 21.3 Å². The van der Waals surface area contributed by atoms with Gasteiger partial charge in [-0.05, 0) is 145 Å². The molecule has 348 valence electrons. The SMILES string of the molecule is COC1=C(Oc2nc(OC3=C(OC)CC(=C=C4CC5CCC4(C)C5(C)C)C=C3)nc(OC3=C(OC)CC(=C=C4CC5CCC4(C)C5(C)C)C=C3)n2)C=CC(=C=C2CC3CCC2(C)C3(C)C)C1. The average Bonchev–Trinajstić information content (AvgIpc) is 3.93. The van der Waals surface area contributed by atoms with E-state index in [4.69, 9.17) is 28.4 Å². The van der Waals surface area contributed by atoms with Gasteiger partial charge in [0.2, 0.25) is 0 Å². The molecule has 6 atom stereocenters. The fraction of sp³-hybridized carbons (Fsp3) is 0.579. The summed E-state index contributed by atoms with van der Waals surface area (Å²) in [6.45, 7) is 21.8. The van der Waals surface area contributed by atoms with E-state index in [1.54, 1.807) is 21.3 Å². The first kappa shape index (κ1) is 44.6. The zero-order valence-electron chi connectivity index (χ0n) is 41.5. The van der Waals surface area contributed by atoms with Gasteiger partial charge in [-0.2, -0.15) is 0 Å². The zero-order chi connectivity index (χ0) is 46.6. The number of allylic oxidation sites excluding steroid dienone is 9. The second kappa shape index (κ2) is 15.7. The molecule has 9 nitrogen and oxygen atoms in total. The molecule has 1 aromatic rings. The Hall–Kier alpha value is -5.19. The third kappa shape index (κ3) is 6.90. The Kier molecular flexibility index (Phi) is 10.6. The number of fused-ring (bicyclic) bond motifs is 6. The van der Waals surface area contributed by atoms with Crippen molar-refractivity contribution in [2.24, 2.45) is 50.2 Å². The van der Waals surface area contributed by atoms with Gasteiger partial charge < -0.3 is 28.4 Å². The summed E-state index contributed by atoms with van der Waals surface area (Å²) >= 11 is 0. The smallest absolute Gasteiger partial charge is 0.331 e. The molecule has 0 amide bonds. The minimum atomic E-state index is -0.00835. The van der Waals surface area contributed by atoms with E-state index in [2.05, 4.69) is 113 Å². The van der Waals surface area contributed by atoms with Crippen molar-refractivity contribution in [1.82, 2.24) is 15.0 Å². The Bertz CT molecular complexity index is 2390. The van der Waals surface area contributed by atoms with Crippen LogP contribution in [0.15, 0.2) is 122 Å². The summed E-state index contributed by atoms with van der Waals surface area (Å²) in [5.74, 6) is 5.51. The highest BCUT2D eigenvalue weighted by Crippen LogP contribution is 2.70. The number of ether oxygens (including phenoxy) is 6. The van der Waals surface area contributed by atoms with Crippen LogP contribution in [0.25, 0.3) is 0 Å². The van der Waals surface area contributed by atoms with Gasteiger partial charge in [-0.25, -0.2) is 0 Å².